The Balaban J connectivity index is 2.04. The van der Waals surface area contributed by atoms with Crippen molar-refractivity contribution in [3.63, 3.8) is 0 Å². The highest BCUT2D eigenvalue weighted by molar-refractivity contribution is 5.71. The minimum Gasteiger partial charge on any atom is -0.481 e. The molecule has 0 bridgehead atoms. The van der Waals surface area contributed by atoms with E-state index in [-0.39, 0.29) is 12.0 Å². The minimum absolute atomic E-state index is 0.149. The lowest BCUT2D eigenvalue weighted by atomic mass is 9.78. The van der Waals surface area contributed by atoms with E-state index in [0.29, 0.717) is 5.92 Å². The first-order valence-corrected chi connectivity index (χ1v) is 7.23. The molecule has 4 heteroatoms. The average Bonchev–Trinajstić information content (AvgIpc) is 2.53. The average molecular weight is 254 g/mol. The molecule has 18 heavy (non-hydrogen) atoms. The third kappa shape index (κ3) is 3.23. The third-order valence-electron chi connectivity index (χ3n) is 4.62. The van der Waals surface area contributed by atoms with Gasteiger partial charge in [-0.3, -0.25) is 9.69 Å². The Hall–Kier alpha value is -0.610. The smallest absolute Gasteiger partial charge is 0.308 e. The number of hydrogen-bond donors (Lipinski definition) is 1. The van der Waals surface area contributed by atoms with Gasteiger partial charge in [-0.1, -0.05) is 6.92 Å². The molecule has 0 amide bonds. The summed E-state index contributed by atoms with van der Waals surface area (Å²) in [5.74, 6) is -0.0688. The van der Waals surface area contributed by atoms with Crippen LogP contribution in [-0.4, -0.2) is 60.1 Å². The molecule has 1 saturated carbocycles. The highest BCUT2D eigenvalue weighted by Crippen LogP contribution is 2.32. The standard InChI is InChI=1S/C14H26N2O2/c1-11-4-5-12(14(17)18)13(10-11)16-7-3-6-15(2)8-9-16/h11-13H,3-10H2,1-2H3,(H,17,18). The van der Waals surface area contributed by atoms with Crippen LogP contribution in [0.2, 0.25) is 0 Å². The van der Waals surface area contributed by atoms with Gasteiger partial charge in [0.15, 0.2) is 0 Å². The lowest BCUT2D eigenvalue weighted by Crippen LogP contribution is -2.48. The first-order chi connectivity index (χ1) is 8.58. The Kier molecular flexibility index (Phi) is 4.62. The molecule has 2 fully saturated rings. The molecule has 1 aliphatic heterocycles. The normalized spacial score (nSPS) is 36.2. The maximum Gasteiger partial charge on any atom is 0.308 e. The summed E-state index contributed by atoms with van der Waals surface area (Å²) >= 11 is 0. The van der Waals surface area contributed by atoms with Crippen LogP contribution in [-0.2, 0) is 4.79 Å². The molecule has 0 radical (unpaired) electrons. The summed E-state index contributed by atoms with van der Waals surface area (Å²) in [6.07, 6.45) is 4.14. The second-order valence-electron chi connectivity index (χ2n) is 6.12. The third-order valence-corrected chi connectivity index (χ3v) is 4.62. The van der Waals surface area contributed by atoms with Gasteiger partial charge in [0, 0.05) is 19.1 Å². The molecule has 2 aliphatic rings. The molecular formula is C14H26N2O2. The second-order valence-corrected chi connectivity index (χ2v) is 6.12. The Bertz CT molecular complexity index is 296. The molecule has 0 spiro atoms. The summed E-state index contributed by atoms with van der Waals surface area (Å²) in [4.78, 5) is 16.2. The van der Waals surface area contributed by atoms with Crippen LogP contribution in [0, 0.1) is 11.8 Å². The van der Waals surface area contributed by atoms with Gasteiger partial charge in [0.1, 0.15) is 0 Å². The summed E-state index contributed by atoms with van der Waals surface area (Å²) < 4.78 is 0. The van der Waals surface area contributed by atoms with E-state index in [1.807, 2.05) is 0 Å². The molecule has 1 heterocycles. The van der Waals surface area contributed by atoms with Crippen LogP contribution in [0.15, 0.2) is 0 Å². The van der Waals surface area contributed by atoms with E-state index < -0.39 is 5.97 Å². The monoisotopic (exact) mass is 254 g/mol. The fourth-order valence-electron chi connectivity index (χ4n) is 3.44. The summed E-state index contributed by atoms with van der Waals surface area (Å²) in [6, 6.07) is 0.262. The molecule has 0 aromatic rings. The van der Waals surface area contributed by atoms with Crippen molar-refractivity contribution >= 4 is 5.97 Å². The number of carboxylic acid groups (broad SMARTS) is 1. The lowest BCUT2D eigenvalue weighted by molar-refractivity contribution is -0.146. The number of nitrogens with zero attached hydrogens (tertiary/aromatic N) is 2. The highest BCUT2D eigenvalue weighted by Gasteiger charge is 2.37. The first-order valence-electron chi connectivity index (χ1n) is 7.23. The highest BCUT2D eigenvalue weighted by atomic mass is 16.4. The molecule has 0 aromatic heterocycles. The van der Waals surface area contributed by atoms with Crippen molar-refractivity contribution in [3.8, 4) is 0 Å². The van der Waals surface area contributed by atoms with Crippen molar-refractivity contribution in [1.82, 2.24) is 9.80 Å². The molecule has 1 aliphatic carbocycles. The summed E-state index contributed by atoms with van der Waals surface area (Å²) in [6.45, 7) is 6.55. The Morgan fingerprint density at radius 3 is 2.67 bits per heavy atom. The summed E-state index contributed by atoms with van der Waals surface area (Å²) in [5, 5.41) is 9.41. The van der Waals surface area contributed by atoms with E-state index >= 15 is 0 Å². The van der Waals surface area contributed by atoms with Crippen molar-refractivity contribution < 1.29 is 9.90 Å². The van der Waals surface area contributed by atoms with E-state index in [2.05, 4.69) is 23.8 Å². The van der Waals surface area contributed by atoms with Crippen LogP contribution >= 0.6 is 0 Å². The first kappa shape index (κ1) is 13.8. The number of rotatable bonds is 2. The van der Waals surface area contributed by atoms with Gasteiger partial charge in [-0.05, 0) is 51.7 Å². The van der Waals surface area contributed by atoms with Crippen molar-refractivity contribution in [1.29, 1.82) is 0 Å². The number of aliphatic carboxylic acids is 1. The predicted molar refractivity (Wildman–Crippen MR) is 71.6 cm³/mol. The van der Waals surface area contributed by atoms with Gasteiger partial charge >= 0.3 is 5.97 Å². The lowest BCUT2D eigenvalue weighted by Gasteiger charge is -2.40. The van der Waals surface area contributed by atoms with Gasteiger partial charge in [-0.2, -0.15) is 0 Å². The zero-order valence-electron chi connectivity index (χ0n) is 11.6. The van der Waals surface area contributed by atoms with Gasteiger partial charge in [0.2, 0.25) is 0 Å². The van der Waals surface area contributed by atoms with Crippen LogP contribution < -0.4 is 0 Å². The quantitative estimate of drug-likeness (QED) is 0.811. The van der Waals surface area contributed by atoms with E-state index in [4.69, 9.17) is 0 Å². The Labute approximate surface area is 110 Å². The number of carboxylic acids is 1. The minimum atomic E-state index is -0.593. The van der Waals surface area contributed by atoms with Crippen LogP contribution in [0.5, 0.6) is 0 Å². The van der Waals surface area contributed by atoms with Crippen molar-refractivity contribution in [3.05, 3.63) is 0 Å². The van der Waals surface area contributed by atoms with E-state index in [1.54, 1.807) is 0 Å². The van der Waals surface area contributed by atoms with Crippen LogP contribution in [0.25, 0.3) is 0 Å². The van der Waals surface area contributed by atoms with Crippen LogP contribution in [0.3, 0.4) is 0 Å². The molecule has 104 valence electrons. The summed E-state index contributed by atoms with van der Waals surface area (Å²) in [5.41, 5.74) is 0. The maximum atomic E-state index is 11.4. The second kappa shape index (κ2) is 6.02. The molecule has 1 N–H and O–H groups in total. The summed E-state index contributed by atoms with van der Waals surface area (Å²) in [7, 11) is 2.15. The van der Waals surface area contributed by atoms with Crippen molar-refractivity contribution in [2.75, 3.05) is 33.2 Å². The Morgan fingerprint density at radius 2 is 1.94 bits per heavy atom. The van der Waals surface area contributed by atoms with Gasteiger partial charge in [0.05, 0.1) is 5.92 Å². The topological polar surface area (TPSA) is 43.8 Å². The number of likely N-dealkylation sites (N-methyl/N-ethyl adjacent to an activating group) is 1. The molecule has 2 rings (SSSR count). The molecule has 1 saturated heterocycles. The van der Waals surface area contributed by atoms with Crippen molar-refractivity contribution in [2.45, 2.75) is 38.6 Å². The fraction of sp³-hybridized carbons (Fsp3) is 0.929. The zero-order chi connectivity index (χ0) is 13.1. The largest absolute Gasteiger partial charge is 0.481 e. The van der Waals surface area contributed by atoms with Crippen LogP contribution in [0.1, 0.15) is 32.6 Å². The van der Waals surface area contributed by atoms with Gasteiger partial charge in [0.25, 0.3) is 0 Å². The van der Waals surface area contributed by atoms with Crippen LogP contribution in [0.4, 0.5) is 0 Å². The van der Waals surface area contributed by atoms with Gasteiger partial charge in [-0.15, -0.1) is 0 Å². The van der Waals surface area contributed by atoms with E-state index in [0.717, 1.165) is 51.9 Å². The molecule has 0 aromatic carbocycles. The molecular weight excluding hydrogens is 228 g/mol. The SMILES string of the molecule is CC1CCC(C(=O)O)C(N2CCCN(C)CC2)C1. The molecule has 3 unspecified atom stereocenters. The zero-order valence-corrected chi connectivity index (χ0v) is 11.6. The predicted octanol–water partition coefficient (Wildman–Crippen LogP) is 1.51. The number of hydrogen-bond acceptors (Lipinski definition) is 3. The molecule has 4 nitrogen and oxygen atoms in total. The van der Waals surface area contributed by atoms with Crippen molar-refractivity contribution in [2.24, 2.45) is 11.8 Å². The number of carbonyl (C=O) groups is 1. The van der Waals surface area contributed by atoms with Gasteiger partial charge < -0.3 is 10.0 Å². The van der Waals surface area contributed by atoms with E-state index in [9.17, 15) is 9.90 Å². The molecule has 3 atom stereocenters. The van der Waals surface area contributed by atoms with Gasteiger partial charge in [-0.25, -0.2) is 0 Å². The van der Waals surface area contributed by atoms with E-state index in [1.165, 1.54) is 0 Å². The Morgan fingerprint density at radius 1 is 1.17 bits per heavy atom. The fourth-order valence-corrected chi connectivity index (χ4v) is 3.44. The maximum absolute atomic E-state index is 11.4.